The number of phenolic OH excluding ortho intramolecular Hbond substituents is 2. The summed E-state index contributed by atoms with van der Waals surface area (Å²) in [6, 6.07) is 2.33. The molecule has 6 rings (SSSR count). The van der Waals surface area contributed by atoms with Gasteiger partial charge in [-0.3, -0.25) is 24.1 Å². The minimum atomic E-state index is -0.897. The van der Waals surface area contributed by atoms with Crippen LogP contribution in [0.2, 0.25) is 0 Å². The van der Waals surface area contributed by atoms with Crippen molar-refractivity contribution in [3.05, 3.63) is 45.6 Å². The van der Waals surface area contributed by atoms with Crippen molar-refractivity contribution in [2.24, 2.45) is 5.16 Å². The molecule has 0 saturated carbocycles. The number of benzene rings is 1. The summed E-state index contributed by atoms with van der Waals surface area (Å²) in [7, 11) is 2.18. The van der Waals surface area contributed by atoms with Crippen molar-refractivity contribution in [1.29, 1.82) is 0 Å². The number of aldehydes is 1. The standard InChI is InChI=1S/C29H33N7O7S2/c1-13-18(5-6-21(38)24(13)39)25(40)31-15-7-16-3-4-17(8-15)36(16,2)9-14-11-44-28-23(27(42)35(28)20(14)10-37)33-26(41)22(34-43)19-12-45-29(30)32-19/h5-6,10,12,15-17,23,28H,3-4,7-9,11H2,1-2H3,(H6-,30,31,32,33,34,38,39,40,41,43)/p+1/t15?,16-,17+,23-,28-,36?/m1/s1. The number of allylic oxidation sites excluding steroid dienone is 1. The maximum absolute atomic E-state index is 13.2. The molecule has 2 unspecified atom stereocenters. The second-order valence-corrected chi connectivity index (χ2v) is 14.1. The van der Waals surface area contributed by atoms with Crippen LogP contribution in [-0.4, -0.2) is 108 Å². The molecule has 6 atom stereocenters. The van der Waals surface area contributed by atoms with Crippen LogP contribution in [-0.2, 0) is 14.4 Å². The summed E-state index contributed by atoms with van der Waals surface area (Å²) in [5.74, 6) is -1.55. The third-order valence-corrected chi connectivity index (χ3v) is 11.7. The molecule has 4 aliphatic heterocycles. The molecule has 1 aromatic carbocycles. The lowest BCUT2D eigenvalue weighted by atomic mass is 9.92. The number of carbonyl (C=O) groups excluding carboxylic acids is 4. The number of oxime groups is 1. The van der Waals surface area contributed by atoms with Crippen molar-refractivity contribution in [3.63, 3.8) is 0 Å². The predicted octanol–water partition coefficient (Wildman–Crippen LogP) is 1.05. The van der Waals surface area contributed by atoms with E-state index in [2.05, 4.69) is 27.8 Å². The molecular weight excluding hydrogens is 622 g/mol. The molecule has 3 amide bonds. The maximum Gasteiger partial charge on any atom is 0.276 e. The van der Waals surface area contributed by atoms with Crippen LogP contribution < -0.4 is 16.4 Å². The van der Waals surface area contributed by atoms with Gasteiger partial charge in [0.15, 0.2) is 28.6 Å². The van der Waals surface area contributed by atoms with E-state index in [0.29, 0.717) is 39.9 Å². The minimum Gasteiger partial charge on any atom is -0.504 e. The number of aromatic hydroxyl groups is 2. The molecule has 3 saturated heterocycles. The van der Waals surface area contributed by atoms with Gasteiger partial charge in [0, 0.05) is 59.6 Å². The highest BCUT2D eigenvalue weighted by atomic mass is 32.2. The smallest absolute Gasteiger partial charge is 0.276 e. The number of rotatable bonds is 8. The van der Waals surface area contributed by atoms with Gasteiger partial charge in [-0.1, -0.05) is 5.16 Å². The lowest BCUT2D eigenvalue weighted by Gasteiger charge is -2.52. The Morgan fingerprint density at radius 1 is 1.22 bits per heavy atom. The van der Waals surface area contributed by atoms with Crippen molar-refractivity contribution in [3.8, 4) is 11.5 Å². The van der Waals surface area contributed by atoms with E-state index in [4.69, 9.17) is 5.73 Å². The molecular formula is C29H34N7O7S2+. The second kappa shape index (κ2) is 11.7. The molecule has 0 spiro atoms. The van der Waals surface area contributed by atoms with Crippen LogP contribution in [0, 0.1) is 6.92 Å². The highest BCUT2D eigenvalue weighted by Gasteiger charge is 2.56. The van der Waals surface area contributed by atoms with Gasteiger partial charge in [-0.25, -0.2) is 4.98 Å². The molecule has 14 nitrogen and oxygen atoms in total. The first-order valence-electron chi connectivity index (χ1n) is 14.5. The number of nitrogen functional groups attached to an aromatic ring is 1. The van der Waals surface area contributed by atoms with E-state index in [-0.39, 0.29) is 52.1 Å². The SMILES string of the molecule is Cc1c(C(=O)NC2C[C@H]3CC[C@@H](C2)[N+]3(C)CC2=C(C=O)N3C(=O)[C@@H](NC(=O)/C(=N\O)c4csc(N)n4)[C@H]3SC2)ccc(O)c1O. The summed E-state index contributed by atoms with van der Waals surface area (Å²) in [6.07, 6.45) is 4.16. The Kier molecular flexibility index (Phi) is 7.99. The Bertz CT molecular complexity index is 1640. The number of thiazole rings is 1. The van der Waals surface area contributed by atoms with Gasteiger partial charge in [0.05, 0.1) is 24.8 Å². The molecule has 0 radical (unpaired) electrons. The van der Waals surface area contributed by atoms with E-state index < -0.39 is 23.2 Å². The first kappa shape index (κ1) is 30.9. The number of nitrogens with two attached hydrogens (primary N) is 1. The number of hydrogen-bond donors (Lipinski definition) is 6. The zero-order valence-electron chi connectivity index (χ0n) is 24.6. The highest BCUT2D eigenvalue weighted by molar-refractivity contribution is 8.00. The van der Waals surface area contributed by atoms with Crippen molar-refractivity contribution in [2.75, 3.05) is 25.1 Å². The van der Waals surface area contributed by atoms with Crippen LogP contribution in [0.5, 0.6) is 11.5 Å². The van der Waals surface area contributed by atoms with Crippen LogP contribution in [0.25, 0.3) is 0 Å². The van der Waals surface area contributed by atoms with E-state index in [1.807, 2.05) is 0 Å². The fourth-order valence-electron chi connectivity index (χ4n) is 7.27. The van der Waals surface area contributed by atoms with Crippen LogP contribution in [0.3, 0.4) is 0 Å². The number of amides is 3. The number of quaternary nitrogens is 1. The van der Waals surface area contributed by atoms with Crippen molar-refractivity contribution in [1.82, 2.24) is 20.5 Å². The average Bonchev–Trinajstić information content (AvgIpc) is 3.47. The molecule has 2 aromatic rings. The van der Waals surface area contributed by atoms with Gasteiger partial charge in [-0.05, 0) is 19.1 Å². The topological polar surface area (TPSA) is 208 Å². The summed E-state index contributed by atoms with van der Waals surface area (Å²) in [4.78, 5) is 56.9. The van der Waals surface area contributed by atoms with Crippen molar-refractivity contribution in [2.45, 2.75) is 62.1 Å². The Labute approximate surface area is 266 Å². The molecule has 1 aromatic heterocycles. The van der Waals surface area contributed by atoms with E-state index in [1.54, 1.807) is 6.92 Å². The molecule has 7 N–H and O–H groups in total. The zero-order chi connectivity index (χ0) is 32.2. The van der Waals surface area contributed by atoms with Crippen molar-refractivity contribution >= 4 is 57.9 Å². The Balaban J connectivity index is 1.12. The number of fused-ring (bicyclic) bond motifs is 3. The number of thioether (sulfide) groups is 1. The third kappa shape index (κ3) is 5.19. The lowest BCUT2D eigenvalue weighted by molar-refractivity contribution is -0.944. The molecule has 5 heterocycles. The lowest BCUT2D eigenvalue weighted by Crippen LogP contribution is -2.71. The van der Waals surface area contributed by atoms with Gasteiger partial charge in [0.25, 0.3) is 17.7 Å². The fourth-order valence-corrected chi connectivity index (χ4v) is 9.17. The predicted molar refractivity (Wildman–Crippen MR) is 166 cm³/mol. The number of carbonyl (C=O) groups is 4. The number of likely N-dealkylation sites (N-methyl/N-ethyl adjacent to an activating group) is 1. The van der Waals surface area contributed by atoms with Crippen LogP contribution >= 0.6 is 23.1 Å². The third-order valence-electron chi connectivity index (χ3n) is 9.71. The summed E-state index contributed by atoms with van der Waals surface area (Å²) < 4.78 is 0.707. The van der Waals surface area contributed by atoms with E-state index in [0.717, 1.165) is 42.6 Å². The second-order valence-electron chi connectivity index (χ2n) is 12.1. The number of phenols is 2. The molecule has 0 aliphatic carbocycles. The van der Waals surface area contributed by atoms with Crippen LogP contribution in [0.15, 0.2) is 33.9 Å². The Morgan fingerprint density at radius 2 is 1.93 bits per heavy atom. The van der Waals surface area contributed by atoms with Gasteiger partial charge in [-0.2, -0.15) is 0 Å². The van der Waals surface area contributed by atoms with E-state index >= 15 is 0 Å². The normalized spacial score (nSPS) is 29.2. The van der Waals surface area contributed by atoms with Gasteiger partial charge < -0.3 is 36.3 Å². The summed E-state index contributed by atoms with van der Waals surface area (Å²) in [5, 5.41) is 39.2. The van der Waals surface area contributed by atoms with Crippen molar-refractivity contribution < 1.29 is 39.1 Å². The number of hydrogen-bond acceptors (Lipinski definition) is 12. The molecule has 238 valence electrons. The molecule has 3 fully saturated rings. The fraction of sp³-hybridized carbons (Fsp3) is 0.448. The van der Waals surface area contributed by atoms with Gasteiger partial charge in [0.2, 0.25) is 0 Å². The summed E-state index contributed by atoms with van der Waals surface area (Å²) in [5.41, 5.74) is 7.20. The first-order valence-corrected chi connectivity index (χ1v) is 16.4. The zero-order valence-corrected chi connectivity index (χ0v) is 26.2. The Hall–Kier alpha value is -4.15. The van der Waals surface area contributed by atoms with Crippen LogP contribution in [0.1, 0.15) is 47.3 Å². The molecule has 2 bridgehead atoms. The number of nitrogens with one attached hydrogen (secondary N) is 2. The summed E-state index contributed by atoms with van der Waals surface area (Å²) >= 11 is 2.55. The number of nitrogens with zero attached hydrogens (tertiary/aromatic N) is 4. The van der Waals surface area contributed by atoms with Gasteiger partial charge in [-0.15, -0.1) is 23.1 Å². The van der Waals surface area contributed by atoms with Crippen LogP contribution in [0.4, 0.5) is 5.13 Å². The number of β-lactam (4-membered cyclic amide) rings is 1. The number of aromatic nitrogens is 1. The summed E-state index contributed by atoms with van der Waals surface area (Å²) in [6.45, 7) is 2.18. The van der Waals surface area contributed by atoms with E-state index in [9.17, 15) is 34.6 Å². The first-order chi connectivity index (χ1) is 21.5. The number of piperidine rings is 1. The van der Waals surface area contributed by atoms with Gasteiger partial charge >= 0.3 is 0 Å². The van der Waals surface area contributed by atoms with E-state index in [1.165, 1.54) is 34.2 Å². The minimum absolute atomic E-state index is 0.0596. The Morgan fingerprint density at radius 3 is 2.56 bits per heavy atom. The van der Waals surface area contributed by atoms with Gasteiger partial charge in [0.1, 0.15) is 23.7 Å². The quantitative estimate of drug-likeness (QED) is 0.0453. The largest absolute Gasteiger partial charge is 0.504 e. The highest BCUT2D eigenvalue weighted by Crippen LogP contribution is 2.45. The molecule has 4 aliphatic rings. The maximum atomic E-state index is 13.2. The average molecular weight is 657 g/mol. The monoisotopic (exact) mass is 656 g/mol. The molecule has 16 heteroatoms. The number of anilines is 1. The molecule has 45 heavy (non-hydrogen) atoms.